The summed E-state index contributed by atoms with van der Waals surface area (Å²) in [5, 5.41) is 18.0. The maximum atomic E-state index is 14.6. The van der Waals surface area contributed by atoms with Crippen LogP contribution in [0.1, 0.15) is 46.4 Å². The minimum absolute atomic E-state index is 0.0275. The van der Waals surface area contributed by atoms with Gasteiger partial charge in [-0.05, 0) is 77.1 Å². The summed E-state index contributed by atoms with van der Waals surface area (Å²) >= 11 is 0. The predicted octanol–water partition coefficient (Wildman–Crippen LogP) is 3.72. The number of rotatable bonds is 6. The molecule has 2 N–H and O–H groups in total. The lowest BCUT2D eigenvalue weighted by atomic mass is 9.77. The Morgan fingerprint density at radius 1 is 1.15 bits per heavy atom. The van der Waals surface area contributed by atoms with Crippen LogP contribution in [0.25, 0.3) is 5.69 Å². The number of methoxy groups -OCH3 is 1. The van der Waals surface area contributed by atoms with Gasteiger partial charge in [-0.2, -0.15) is 9.67 Å². The monoisotopic (exact) mass is 469 g/mol. The van der Waals surface area contributed by atoms with E-state index in [1.165, 1.54) is 6.20 Å². The Balaban J connectivity index is 1.54. The molecule has 0 saturated carbocycles. The first-order valence-corrected chi connectivity index (χ1v) is 11.2. The number of anilines is 3. The summed E-state index contributed by atoms with van der Waals surface area (Å²) in [4.78, 5) is 10.9. The van der Waals surface area contributed by atoms with Crippen LogP contribution in [0.4, 0.5) is 21.8 Å². The van der Waals surface area contributed by atoms with Crippen LogP contribution in [0.5, 0.6) is 5.75 Å². The largest absolute Gasteiger partial charge is 0.494 e. The zero-order valence-electron chi connectivity index (χ0n) is 20.7. The molecule has 1 saturated heterocycles. The molecule has 2 aromatic heterocycles. The summed E-state index contributed by atoms with van der Waals surface area (Å²) < 4.78 is 21.7. The maximum absolute atomic E-state index is 14.6. The van der Waals surface area contributed by atoms with E-state index in [-0.39, 0.29) is 28.9 Å². The van der Waals surface area contributed by atoms with Gasteiger partial charge in [0.1, 0.15) is 11.4 Å². The molecule has 1 aliphatic heterocycles. The average Bonchev–Trinajstić information content (AvgIpc) is 3.19. The molecule has 34 heavy (non-hydrogen) atoms. The third-order valence-corrected chi connectivity index (χ3v) is 6.68. The molecule has 0 radical (unpaired) electrons. The summed E-state index contributed by atoms with van der Waals surface area (Å²) in [5.41, 5.74) is 1.33. The molecule has 182 valence electrons. The van der Waals surface area contributed by atoms with E-state index in [1.807, 2.05) is 12.1 Å². The molecule has 0 amide bonds. The van der Waals surface area contributed by atoms with Gasteiger partial charge >= 0.3 is 0 Å². The zero-order chi connectivity index (χ0) is 24.7. The lowest BCUT2D eigenvalue weighted by Crippen LogP contribution is -2.61. The van der Waals surface area contributed by atoms with Crippen molar-refractivity contribution >= 4 is 17.5 Å². The highest BCUT2D eigenvalue weighted by Gasteiger charge is 2.43. The van der Waals surface area contributed by atoms with Gasteiger partial charge in [-0.15, -0.1) is 5.10 Å². The Bertz CT molecular complexity index is 1160. The molecule has 11 heteroatoms. The predicted molar refractivity (Wildman–Crippen MR) is 128 cm³/mol. The smallest absolute Gasteiger partial charge is 0.229 e. The Morgan fingerprint density at radius 3 is 2.47 bits per heavy atom. The number of aromatic nitrogens is 6. The fraction of sp³-hybridized carbons (Fsp3) is 0.522. The average molecular weight is 470 g/mol. The van der Waals surface area contributed by atoms with E-state index in [2.05, 4.69) is 75.8 Å². The molecular formula is C23H32FN9O. The van der Waals surface area contributed by atoms with E-state index in [1.54, 1.807) is 24.8 Å². The summed E-state index contributed by atoms with van der Waals surface area (Å²) in [5.74, 6) is 1.19. The van der Waals surface area contributed by atoms with Gasteiger partial charge < -0.3 is 15.4 Å². The van der Waals surface area contributed by atoms with Crippen molar-refractivity contribution in [2.45, 2.75) is 64.6 Å². The number of nitrogens with one attached hydrogen (secondary N) is 2. The van der Waals surface area contributed by atoms with Crippen LogP contribution in [0.15, 0.2) is 24.4 Å². The van der Waals surface area contributed by atoms with Crippen LogP contribution >= 0.6 is 0 Å². The van der Waals surface area contributed by atoms with Crippen molar-refractivity contribution in [1.82, 2.24) is 35.1 Å². The quantitative estimate of drug-likeness (QED) is 0.559. The molecule has 4 rings (SSSR count). The van der Waals surface area contributed by atoms with E-state index in [0.29, 0.717) is 22.9 Å². The SMILES string of the molecule is COc1cc(Nc2ncc(F)c(NC3CC(C)(C)N(C)C(C)(C)C3)n2)ccc1-n1nnnc1C. The van der Waals surface area contributed by atoms with Crippen molar-refractivity contribution in [3.63, 3.8) is 0 Å². The molecule has 0 aliphatic carbocycles. The molecule has 1 fully saturated rings. The van der Waals surface area contributed by atoms with Gasteiger partial charge in [-0.25, -0.2) is 9.37 Å². The van der Waals surface area contributed by atoms with Crippen LogP contribution in [-0.2, 0) is 0 Å². The number of halogens is 1. The van der Waals surface area contributed by atoms with Gasteiger partial charge in [0.25, 0.3) is 0 Å². The summed E-state index contributed by atoms with van der Waals surface area (Å²) in [7, 11) is 3.72. The second kappa shape index (κ2) is 8.79. The number of hydrogen-bond donors (Lipinski definition) is 2. The van der Waals surface area contributed by atoms with Crippen LogP contribution in [0, 0.1) is 12.7 Å². The zero-order valence-corrected chi connectivity index (χ0v) is 20.7. The van der Waals surface area contributed by atoms with Gasteiger partial charge in [-0.1, -0.05) is 0 Å². The molecule has 3 aromatic rings. The van der Waals surface area contributed by atoms with Crippen molar-refractivity contribution < 1.29 is 9.13 Å². The molecule has 0 atom stereocenters. The number of aryl methyl sites for hydroxylation is 1. The Hall–Kier alpha value is -3.34. The number of nitrogens with zero attached hydrogens (tertiary/aromatic N) is 7. The minimum Gasteiger partial charge on any atom is -0.494 e. The number of piperidine rings is 1. The normalized spacial score (nSPS) is 18.0. The Kier molecular flexibility index (Phi) is 6.15. The first-order chi connectivity index (χ1) is 16.0. The van der Waals surface area contributed by atoms with Crippen molar-refractivity contribution in [3.8, 4) is 11.4 Å². The van der Waals surface area contributed by atoms with Crippen LogP contribution in [-0.4, -0.2) is 66.4 Å². The molecular weight excluding hydrogens is 437 g/mol. The number of likely N-dealkylation sites (tertiary alicyclic amines) is 1. The summed E-state index contributed by atoms with van der Waals surface area (Å²) in [6.45, 7) is 10.6. The van der Waals surface area contributed by atoms with Crippen LogP contribution in [0.2, 0.25) is 0 Å². The number of tetrazole rings is 1. The fourth-order valence-electron chi connectivity index (χ4n) is 4.71. The molecule has 1 aromatic carbocycles. The number of ether oxygens (including phenoxy) is 1. The Morgan fingerprint density at radius 2 is 1.85 bits per heavy atom. The first-order valence-electron chi connectivity index (χ1n) is 11.2. The second-order valence-corrected chi connectivity index (χ2v) is 9.97. The second-order valence-electron chi connectivity index (χ2n) is 9.97. The van der Waals surface area contributed by atoms with Gasteiger partial charge in [0, 0.05) is 28.9 Å². The molecule has 0 unspecified atom stereocenters. The van der Waals surface area contributed by atoms with Gasteiger partial charge in [0.2, 0.25) is 5.95 Å². The Labute approximate surface area is 198 Å². The summed E-state index contributed by atoms with van der Waals surface area (Å²) in [6, 6.07) is 5.53. The van der Waals surface area contributed by atoms with E-state index >= 15 is 0 Å². The minimum atomic E-state index is -0.484. The van der Waals surface area contributed by atoms with Crippen LogP contribution < -0.4 is 15.4 Å². The third kappa shape index (κ3) is 4.65. The van der Waals surface area contributed by atoms with Crippen molar-refractivity contribution in [3.05, 3.63) is 36.0 Å². The highest BCUT2D eigenvalue weighted by Crippen LogP contribution is 2.38. The van der Waals surface area contributed by atoms with Gasteiger partial charge in [0.05, 0.1) is 13.3 Å². The number of hydrogen-bond acceptors (Lipinski definition) is 9. The first kappa shape index (κ1) is 23.8. The van der Waals surface area contributed by atoms with Crippen molar-refractivity contribution in [2.24, 2.45) is 0 Å². The lowest BCUT2D eigenvalue weighted by molar-refractivity contribution is -0.00778. The summed E-state index contributed by atoms with van der Waals surface area (Å²) in [6.07, 6.45) is 2.92. The van der Waals surface area contributed by atoms with E-state index in [0.717, 1.165) is 12.8 Å². The van der Waals surface area contributed by atoms with Crippen molar-refractivity contribution in [2.75, 3.05) is 24.8 Å². The third-order valence-electron chi connectivity index (χ3n) is 6.68. The highest BCUT2D eigenvalue weighted by atomic mass is 19.1. The molecule has 1 aliphatic rings. The van der Waals surface area contributed by atoms with Crippen LogP contribution in [0.3, 0.4) is 0 Å². The molecule has 3 heterocycles. The topological polar surface area (TPSA) is 106 Å². The van der Waals surface area contributed by atoms with E-state index < -0.39 is 5.82 Å². The van der Waals surface area contributed by atoms with Gasteiger partial charge in [0.15, 0.2) is 17.5 Å². The molecule has 0 bridgehead atoms. The lowest BCUT2D eigenvalue weighted by Gasteiger charge is -2.53. The van der Waals surface area contributed by atoms with Gasteiger partial charge in [-0.3, -0.25) is 4.90 Å². The number of benzene rings is 1. The van der Waals surface area contributed by atoms with E-state index in [9.17, 15) is 4.39 Å². The van der Waals surface area contributed by atoms with E-state index in [4.69, 9.17) is 4.74 Å². The van der Waals surface area contributed by atoms with Crippen molar-refractivity contribution in [1.29, 1.82) is 0 Å². The fourth-order valence-corrected chi connectivity index (χ4v) is 4.71. The standard InChI is InChI=1S/C23H32FN9O/c1-14-29-30-31-33(14)18-9-8-15(10-19(18)34-7)27-21-25-13-17(24)20(28-21)26-16-11-22(2,3)32(6)23(4,5)12-16/h8-10,13,16H,11-12H2,1-7H3,(H2,25,26,27,28). The highest BCUT2D eigenvalue weighted by molar-refractivity contribution is 5.62. The molecule has 10 nitrogen and oxygen atoms in total. The maximum Gasteiger partial charge on any atom is 0.229 e. The molecule has 0 spiro atoms.